The Morgan fingerprint density at radius 1 is 1.24 bits per heavy atom. The highest BCUT2D eigenvalue weighted by atomic mass is 16.5. The lowest BCUT2D eigenvalue weighted by atomic mass is 9.79. The van der Waals surface area contributed by atoms with E-state index in [2.05, 4.69) is 10.1 Å². The summed E-state index contributed by atoms with van der Waals surface area (Å²) in [6.07, 6.45) is 4.72. The fraction of sp³-hybridized carbons (Fsp3) is 0.438. The quantitative estimate of drug-likeness (QED) is 0.912. The molecule has 0 unspecified atom stereocenters. The maximum Gasteiger partial charge on any atom is 0.303 e. The predicted molar refractivity (Wildman–Crippen MR) is 76.6 cm³/mol. The first-order valence-corrected chi connectivity index (χ1v) is 7.27. The third kappa shape index (κ3) is 3.12. The van der Waals surface area contributed by atoms with Crippen molar-refractivity contribution in [2.45, 2.75) is 38.5 Å². The van der Waals surface area contributed by atoms with Crippen LogP contribution in [0.5, 0.6) is 0 Å². The topological polar surface area (TPSA) is 76.2 Å². The number of rotatable bonds is 5. The van der Waals surface area contributed by atoms with E-state index in [9.17, 15) is 4.79 Å². The average molecular weight is 286 g/mol. The van der Waals surface area contributed by atoms with E-state index >= 15 is 0 Å². The van der Waals surface area contributed by atoms with Crippen LogP contribution < -0.4 is 0 Å². The van der Waals surface area contributed by atoms with E-state index in [1.54, 1.807) is 0 Å². The van der Waals surface area contributed by atoms with E-state index in [1.807, 2.05) is 30.3 Å². The van der Waals surface area contributed by atoms with Crippen molar-refractivity contribution in [3.8, 4) is 11.4 Å². The molecule has 0 amide bonds. The van der Waals surface area contributed by atoms with Gasteiger partial charge in [-0.05, 0) is 18.3 Å². The molecule has 1 aliphatic carbocycles. The van der Waals surface area contributed by atoms with Crippen LogP contribution in [0.3, 0.4) is 0 Å². The van der Waals surface area contributed by atoms with Crippen molar-refractivity contribution in [3.63, 3.8) is 0 Å². The third-order valence-corrected chi connectivity index (χ3v) is 4.22. The molecule has 1 N–H and O–H groups in total. The van der Waals surface area contributed by atoms with Crippen LogP contribution in [-0.4, -0.2) is 21.2 Å². The molecule has 1 aliphatic rings. The molecule has 5 nitrogen and oxygen atoms in total. The van der Waals surface area contributed by atoms with E-state index < -0.39 is 5.97 Å². The maximum atomic E-state index is 11.1. The standard InChI is InChI=1S/C16H18N2O3/c19-14(20)11-16(8-4-5-9-16)10-13-17-15(18-21-13)12-6-2-1-3-7-12/h1-3,6-7H,4-5,8-11H2,(H,19,20). The van der Waals surface area contributed by atoms with E-state index in [0.717, 1.165) is 31.2 Å². The first-order chi connectivity index (χ1) is 10.2. The van der Waals surface area contributed by atoms with E-state index in [0.29, 0.717) is 18.1 Å². The van der Waals surface area contributed by atoms with Crippen LogP contribution in [0.1, 0.15) is 38.0 Å². The molecule has 0 spiro atoms. The van der Waals surface area contributed by atoms with E-state index in [4.69, 9.17) is 9.63 Å². The van der Waals surface area contributed by atoms with Crippen molar-refractivity contribution < 1.29 is 14.4 Å². The SMILES string of the molecule is O=C(O)CC1(Cc2nc(-c3ccccc3)no2)CCCC1. The maximum absolute atomic E-state index is 11.1. The van der Waals surface area contributed by atoms with Crippen LogP contribution in [-0.2, 0) is 11.2 Å². The Hall–Kier alpha value is -2.17. The van der Waals surface area contributed by atoms with Gasteiger partial charge in [-0.2, -0.15) is 4.98 Å². The second kappa shape index (κ2) is 5.68. The van der Waals surface area contributed by atoms with Gasteiger partial charge in [0.15, 0.2) is 0 Å². The van der Waals surface area contributed by atoms with Crippen LogP contribution in [0.2, 0.25) is 0 Å². The molecule has 2 aromatic rings. The fourth-order valence-electron chi connectivity index (χ4n) is 3.21. The number of hydrogen-bond donors (Lipinski definition) is 1. The molecule has 0 radical (unpaired) electrons. The molecular formula is C16H18N2O3. The molecule has 0 saturated heterocycles. The predicted octanol–water partition coefficient (Wildman–Crippen LogP) is 3.31. The summed E-state index contributed by atoms with van der Waals surface area (Å²) in [7, 11) is 0. The largest absolute Gasteiger partial charge is 0.481 e. The van der Waals surface area contributed by atoms with E-state index in [1.165, 1.54) is 0 Å². The summed E-state index contributed by atoms with van der Waals surface area (Å²) in [5.74, 6) is 0.353. The molecular weight excluding hydrogens is 268 g/mol. The fourth-order valence-corrected chi connectivity index (χ4v) is 3.21. The Morgan fingerprint density at radius 3 is 2.62 bits per heavy atom. The van der Waals surface area contributed by atoms with Crippen molar-refractivity contribution in [1.29, 1.82) is 0 Å². The van der Waals surface area contributed by atoms with Gasteiger partial charge in [-0.3, -0.25) is 4.79 Å². The molecule has 1 aromatic carbocycles. The third-order valence-electron chi connectivity index (χ3n) is 4.22. The van der Waals surface area contributed by atoms with Crippen molar-refractivity contribution in [2.24, 2.45) is 5.41 Å². The van der Waals surface area contributed by atoms with Crippen molar-refractivity contribution in [1.82, 2.24) is 10.1 Å². The zero-order chi connectivity index (χ0) is 14.7. The second-order valence-corrected chi connectivity index (χ2v) is 5.83. The van der Waals surface area contributed by atoms with Gasteiger partial charge in [0.2, 0.25) is 11.7 Å². The minimum absolute atomic E-state index is 0.177. The Bertz CT molecular complexity index is 615. The number of carbonyl (C=O) groups is 1. The number of benzene rings is 1. The molecule has 1 fully saturated rings. The molecule has 0 atom stereocenters. The lowest BCUT2D eigenvalue weighted by molar-refractivity contribution is -0.139. The molecule has 1 aromatic heterocycles. The van der Waals surface area contributed by atoms with Crippen LogP contribution in [0.15, 0.2) is 34.9 Å². The van der Waals surface area contributed by atoms with Crippen LogP contribution in [0, 0.1) is 5.41 Å². The summed E-state index contributed by atoms with van der Waals surface area (Å²) in [5, 5.41) is 13.1. The number of carboxylic acid groups (broad SMARTS) is 1. The zero-order valence-electron chi connectivity index (χ0n) is 11.8. The molecule has 5 heteroatoms. The minimum Gasteiger partial charge on any atom is -0.481 e. The molecule has 0 bridgehead atoms. The van der Waals surface area contributed by atoms with Crippen LogP contribution in [0.4, 0.5) is 0 Å². The van der Waals surface area contributed by atoms with Gasteiger partial charge in [0, 0.05) is 12.0 Å². The molecule has 1 heterocycles. The summed E-state index contributed by atoms with van der Waals surface area (Å²) in [4.78, 5) is 15.5. The van der Waals surface area contributed by atoms with Gasteiger partial charge in [-0.15, -0.1) is 0 Å². The van der Waals surface area contributed by atoms with Gasteiger partial charge >= 0.3 is 5.97 Å². The lowest BCUT2D eigenvalue weighted by Gasteiger charge is -2.24. The Balaban J connectivity index is 1.78. The molecule has 21 heavy (non-hydrogen) atoms. The summed E-state index contributed by atoms with van der Waals surface area (Å²) in [5.41, 5.74) is 0.693. The number of nitrogens with zero attached hydrogens (tertiary/aromatic N) is 2. The van der Waals surface area contributed by atoms with Crippen molar-refractivity contribution in [3.05, 3.63) is 36.2 Å². The average Bonchev–Trinajstić information content (AvgIpc) is 3.09. The van der Waals surface area contributed by atoms with Gasteiger partial charge in [-0.25, -0.2) is 0 Å². The summed E-state index contributed by atoms with van der Waals surface area (Å²) < 4.78 is 5.33. The smallest absolute Gasteiger partial charge is 0.303 e. The second-order valence-electron chi connectivity index (χ2n) is 5.83. The monoisotopic (exact) mass is 286 g/mol. The normalized spacial score (nSPS) is 17.0. The highest BCUT2D eigenvalue weighted by molar-refractivity contribution is 5.67. The zero-order valence-corrected chi connectivity index (χ0v) is 11.8. The van der Waals surface area contributed by atoms with Crippen LogP contribution >= 0.6 is 0 Å². The number of hydrogen-bond acceptors (Lipinski definition) is 4. The summed E-state index contributed by atoms with van der Waals surface area (Å²) in [6.45, 7) is 0. The minimum atomic E-state index is -0.750. The Morgan fingerprint density at radius 2 is 1.95 bits per heavy atom. The van der Waals surface area contributed by atoms with E-state index in [-0.39, 0.29) is 11.8 Å². The van der Waals surface area contributed by atoms with Crippen molar-refractivity contribution in [2.75, 3.05) is 0 Å². The highest BCUT2D eigenvalue weighted by Crippen LogP contribution is 2.43. The number of carboxylic acids is 1. The Labute approximate surface area is 123 Å². The highest BCUT2D eigenvalue weighted by Gasteiger charge is 2.37. The number of aromatic nitrogens is 2. The molecule has 0 aliphatic heterocycles. The van der Waals surface area contributed by atoms with Gasteiger partial charge in [0.05, 0.1) is 6.42 Å². The van der Waals surface area contributed by atoms with Crippen LogP contribution in [0.25, 0.3) is 11.4 Å². The first kappa shape index (κ1) is 13.8. The first-order valence-electron chi connectivity index (χ1n) is 7.27. The lowest BCUT2D eigenvalue weighted by Crippen LogP contribution is -2.23. The van der Waals surface area contributed by atoms with Gasteiger partial charge < -0.3 is 9.63 Å². The summed E-state index contributed by atoms with van der Waals surface area (Å²) >= 11 is 0. The van der Waals surface area contributed by atoms with Gasteiger partial charge in [0.25, 0.3) is 0 Å². The number of aliphatic carboxylic acids is 1. The van der Waals surface area contributed by atoms with Gasteiger partial charge in [0.1, 0.15) is 0 Å². The molecule has 1 saturated carbocycles. The summed E-state index contributed by atoms with van der Waals surface area (Å²) in [6, 6.07) is 9.64. The molecule has 110 valence electrons. The van der Waals surface area contributed by atoms with Gasteiger partial charge in [-0.1, -0.05) is 48.3 Å². The van der Waals surface area contributed by atoms with Crippen molar-refractivity contribution >= 4 is 5.97 Å². The molecule has 3 rings (SSSR count). The Kier molecular flexibility index (Phi) is 3.73.